The Morgan fingerprint density at radius 3 is 2.37 bits per heavy atom. The standard InChI is InChI=1S/C28H27ClFNO4/c1-28(16-20-4-9-24(30)10-5-20)17-22-14-21(6-11-25(22)35-28)15-26(32)31(18-27(33)34)13-12-19-2-7-23(29)8-3-19/h2-11,14H,12-13,15-18H2,1H3,(H,33,34). The summed E-state index contributed by atoms with van der Waals surface area (Å²) in [5.74, 6) is -0.785. The molecule has 1 aliphatic heterocycles. The molecule has 0 saturated heterocycles. The quantitative estimate of drug-likeness (QED) is 0.448. The van der Waals surface area contributed by atoms with Crippen LogP contribution in [0.3, 0.4) is 0 Å². The monoisotopic (exact) mass is 495 g/mol. The second kappa shape index (κ2) is 10.5. The van der Waals surface area contributed by atoms with Gasteiger partial charge in [0.1, 0.15) is 23.7 Å². The Morgan fingerprint density at radius 2 is 1.69 bits per heavy atom. The van der Waals surface area contributed by atoms with E-state index in [1.165, 1.54) is 17.0 Å². The molecule has 5 nitrogen and oxygen atoms in total. The Kier molecular flexibility index (Phi) is 7.41. The summed E-state index contributed by atoms with van der Waals surface area (Å²) in [5, 5.41) is 9.93. The topological polar surface area (TPSA) is 66.8 Å². The van der Waals surface area contributed by atoms with Crippen molar-refractivity contribution in [1.29, 1.82) is 0 Å². The van der Waals surface area contributed by atoms with Crippen LogP contribution in [0, 0.1) is 5.82 Å². The highest BCUT2D eigenvalue weighted by Crippen LogP contribution is 2.37. The molecule has 0 radical (unpaired) electrons. The van der Waals surface area contributed by atoms with Crippen molar-refractivity contribution in [3.63, 3.8) is 0 Å². The molecule has 0 aromatic heterocycles. The van der Waals surface area contributed by atoms with Crippen molar-refractivity contribution in [1.82, 2.24) is 4.90 Å². The normalized spacial score (nSPS) is 16.4. The number of amides is 1. The van der Waals surface area contributed by atoms with Gasteiger partial charge in [-0.25, -0.2) is 4.39 Å². The molecule has 1 heterocycles. The Bertz CT molecular complexity index is 1210. The minimum Gasteiger partial charge on any atom is -0.487 e. The molecule has 1 unspecified atom stereocenters. The van der Waals surface area contributed by atoms with Crippen LogP contribution in [0.15, 0.2) is 66.7 Å². The van der Waals surface area contributed by atoms with E-state index in [4.69, 9.17) is 16.3 Å². The van der Waals surface area contributed by atoms with Gasteiger partial charge in [0.25, 0.3) is 0 Å². The minimum absolute atomic E-state index is 0.107. The smallest absolute Gasteiger partial charge is 0.323 e. The minimum atomic E-state index is -1.05. The predicted molar refractivity (Wildman–Crippen MR) is 132 cm³/mol. The first-order valence-corrected chi connectivity index (χ1v) is 11.9. The Hall–Kier alpha value is -3.38. The number of hydrogen-bond donors (Lipinski definition) is 1. The van der Waals surface area contributed by atoms with E-state index in [0.717, 1.165) is 28.0 Å². The van der Waals surface area contributed by atoms with Crippen LogP contribution in [0.25, 0.3) is 0 Å². The van der Waals surface area contributed by atoms with E-state index in [-0.39, 0.29) is 24.7 Å². The summed E-state index contributed by atoms with van der Waals surface area (Å²) in [6, 6.07) is 19.4. The number of carboxylic acid groups (broad SMARTS) is 1. The van der Waals surface area contributed by atoms with Gasteiger partial charge in [0.15, 0.2) is 0 Å². The number of hydrogen-bond acceptors (Lipinski definition) is 3. The zero-order valence-electron chi connectivity index (χ0n) is 19.5. The lowest BCUT2D eigenvalue weighted by Gasteiger charge is -2.24. The third-order valence-electron chi connectivity index (χ3n) is 6.15. The number of aliphatic carboxylic acids is 1. The van der Waals surface area contributed by atoms with Gasteiger partial charge >= 0.3 is 5.97 Å². The van der Waals surface area contributed by atoms with E-state index in [2.05, 4.69) is 0 Å². The molecule has 7 heteroatoms. The Labute approximate surface area is 209 Å². The van der Waals surface area contributed by atoms with Crippen LogP contribution in [0.1, 0.15) is 29.2 Å². The molecule has 1 amide bonds. The van der Waals surface area contributed by atoms with Crippen molar-refractivity contribution in [2.75, 3.05) is 13.1 Å². The first-order chi connectivity index (χ1) is 16.7. The van der Waals surface area contributed by atoms with Gasteiger partial charge in [0, 0.05) is 24.4 Å². The zero-order valence-corrected chi connectivity index (χ0v) is 20.2. The second-order valence-electron chi connectivity index (χ2n) is 9.24. The largest absolute Gasteiger partial charge is 0.487 e. The number of ether oxygens (including phenoxy) is 1. The van der Waals surface area contributed by atoms with Gasteiger partial charge in [-0.3, -0.25) is 9.59 Å². The van der Waals surface area contributed by atoms with Crippen LogP contribution in [-0.2, 0) is 35.3 Å². The number of rotatable bonds is 9. The fourth-order valence-electron chi connectivity index (χ4n) is 4.47. The number of fused-ring (bicyclic) bond motifs is 1. The highest BCUT2D eigenvalue weighted by atomic mass is 35.5. The van der Waals surface area contributed by atoms with Crippen molar-refractivity contribution in [3.8, 4) is 5.75 Å². The van der Waals surface area contributed by atoms with Crippen molar-refractivity contribution in [3.05, 3.63) is 99.8 Å². The Balaban J connectivity index is 1.40. The summed E-state index contributed by atoms with van der Waals surface area (Å²) in [7, 11) is 0. The number of carboxylic acids is 1. The number of carbonyl (C=O) groups is 2. The molecule has 0 saturated carbocycles. The fraction of sp³-hybridized carbons (Fsp3) is 0.286. The van der Waals surface area contributed by atoms with Crippen LogP contribution >= 0.6 is 11.6 Å². The maximum atomic E-state index is 13.2. The zero-order chi connectivity index (χ0) is 25.0. The van der Waals surface area contributed by atoms with Gasteiger partial charge in [-0.05, 0) is 65.9 Å². The van der Waals surface area contributed by atoms with E-state index in [0.29, 0.717) is 30.8 Å². The molecule has 35 heavy (non-hydrogen) atoms. The molecule has 1 aliphatic rings. The number of nitrogens with zero attached hydrogens (tertiary/aromatic N) is 1. The summed E-state index contributed by atoms with van der Waals surface area (Å²) >= 11 is 5.92. The molecule has 3 aromatic carbocycles. The molecular weight excluding hydrogens is 469 g/mol. The van der Waals surface area contributed by atoms with Gasteiger partial charge < -0.3 is 14.7 Å². The number of halogens is 2. The molecule has 0 aliphatic carbocycles. The van der Waals surface area contributed by atoms with Gasteiger partial charge in [-0.2, -0.15) is 0 Å². The van der Waals surface area contributed by atoms with Crippen molar-refractivity contribution in [2.45, 2.75) is 38.2 Å². The third-order valence-corrected chi connectivity index (χ3v) is 6.41. The Morgan fingerprint density at radius 1 is 1.03 bits per heavy atom. The first kappa shape index (κ1) is 24.7. The second-order valence-corrected chi connectivity index (χ2v) is 9.67. The van der Waals surface area contributed by atoms with Gasteiger partial charge in [-0.1, -0.05) is 48.0 Å². The molecule has 1 N–H and O–H groups in total. The van der Waals surface area contributed by atoms with Crippen molar-refractivity contribution >= 4 is 23.5 Å². The van der Waals surface area contributed by atoms with Crippen molar-refractivity contribution in [2.24, 2.45) is 0 Å². The highest BCUT2D eigenvalue weighted by Gasteiger charge is 2.35. The lowest BCUT2D eigenvalue weighted by Crippen LogP contribution is -2.38. The maximum Gasteiger partial charge on any atom is 0.323 e. The molecule has 182 valence electrons. The average molecular weight is 496 g/mol. The summed E-state index contributed by atoms with van der Waals surface area (Å²) in [4.78, 5) is 25.7. The van der Waals surface area contributed by atoms with Crippen LogP contribution < -0.4 is 4.74 Å². The lowest BCUT2D eigenvalue weighted by atomic mass is 9.91. The molecule has 0 bridgehead atoms. The van der Waals surface area contributed by atoms with Gasteiger partial charge in [0.05, 0.1) is 6.42 Å². The van der Waals surface area contributed by atoms with Crippen molar-refractivity contribution < 1.29 is 23.8 Å². The summed E-state index contributed by atoms with van der Waals surface area (Å²) in [6.07, 6.45) is 1.94. The SMILES string of the molecule is CC1(Cc2ccc(F)cc2)Cc2cc(CC(=O)N(CCc3ccc(Cl)cc3)CC(=O)O)ccc2O1. The van der Waals surface area contributed by atoms with E-state index in [9.17, 15) is 19.1 Å². The van der Waals surface area contributed by atoms with E-state index in [1.807, 2.05) is 37.3 Å². The van der Waals surface area contributed by atoms with Crippen LogP contribution in [0.2, 0.25) is 5.02 Å². The number of carbonyl (C=O) groups excluding carboxylic acids is 1. The lowest BCUT2D eigenvalue weighted by molar-refractivity contribution is -0.144. The van der Waals surface area contributed by atoms with Gasteiger partial charge in [0.2, 0.25) is 5.91 Å². The third kappa shape index (κ3) is 6.61. The fourth-order valence-corrected chi connectivity index (χ4v) is 4.60. The van der Waals surface area contributed by atoms with E-state index in [1.54, 1.807) is 24.3 Å². The molecular formula is C28H27ClFNO4. The average Bonchev–Trinajstić information content (AvgIpc) is 3.14. The first-order valence-electron chi connectivity index (χ1n) is 11.5. The van der Waals surface area contributed by atoms with Gasteiger partial charge in [-0.15, -0.1) is 0 Å². The van der Waals surface area contributed by atoms with E-state index < -0.39 is 11.6 Å². The predicted octanol–water partition coefficient (Wildman–Crippen LogP) is 5.11. The van der Waals surface area contributed by atoms with Crippen LogP contribution in [0.5, 0.6) is 5.75 Å². The molecule has 4 rings (SSSR count). The summed E-state index contributed by atoms with van der Waals surface area (Å²) in [5.41, 5.74) is 3.32. The number of benzene rings is 3. The molecule has 3 aromatic rings. The highest BCUT2D eigenvalue weighted by molar-refractivity contribution is 6.30. The van der Waals surface area contributed by atoms with Crippen LogP contribution in [0.4, 0.5) is 4.39 Å². The van der Waals surface area contributed by atoms with Crippen LogP contribution in [-0.4, -0.2) is 40.6 Å². The molecule has 0 fully saturated rings. The summed E-state index contributed by atoms with van der Waals surface area (Å²) in [6.45, 7) is 1.97. The molecule has 1 atom stereocenters. The molecule has 0 spiro atoms. The maximum absolute atomic E-state index is 13.2. The van der Waals surface area contributed by atoms with E-state index >= 15 is 0 Å². The summed E-state index contributed by atoms with van der Waals surface area (Å²) < 4.78 is 19.4.